The fourth-order valence-corrected chi connectivity index (χ4v) is 2.01. The Kier molecular flexibility index (Phi) is 5.43. The minimum Gasteiger partial charge on any atom is -0.325 e. The van der Waals surface area contributed by atoms with Crippen molar-refractivity contribution in [2.45, 2.75) is 41.0 Å². The van der Waals surface area contributed by atoms with Gasteiger partial charge >= 0.3 is 0 Å². The van der Waals surface area contributed by atoms with Crippen molar-refractivity contribution in [2.24, 2.45) is 5.10 Å². The van der Waals surface area contributed by atoms with Crippen LogP contribution in [0.15, 0.2) is 17.2 Å². The van der Waals surface area contributed by atoms with E-state index in [9.17, 15) is 9.59 Å². The van der Waals surface area contributed by atoms with E-state index in [1.54, 1.807) is 6.92 Å². The van der Waals surface area contributed by atoms with Crippen LogP contribution >= 0.6 is 0 Å². The second kappa shape index (κ2) is 6.84. The molecule has 108 valence electrons. The van der Waals surface area contributed by atoms with Gasteiger partial charge in [0.05, 0.1) is 6.42 Å². The number of nitrogens with zero attached hydrogens (tertiary/aromatic N) is 1. The summed E-state index contributed by atoms with van der Waals surface area (Å²) < 4.78 is 0. The number of anilines is 1. The van der Waals surface area contributed by atoms with Gasteiger partial charge in [0.25, 0.3) is 0 Å². The zero-order valence-corrected chi connectivity index (χ0v) is 12.6. The van der Waals surface area contributed by atoms with E-state index in [1.807, 2.05) is 32.9 Å². The number of nitrogens with one attached hydrogen (secondary N) is 2. The Morgan fingerprint density at radius 1 is 1.10 bits per heavy atom. The molecule has 0 unspecified atom stereocenters. The first-order valence-corrected chi connectivity index (χ1v) is 6.47. The molecule has 0 bridgehead atoms. The molecule has 1 aromatic carbocycles. The van der Waals surface area contributed by atoms with Gasteiger partial charge < -0.3 is 5.32 Å². The van der Waals surface area contributed by atoms with E-state index in [1.165, 1.54) is 12.5 Å². The normalized spacial score (nSPS) is 11.2. The van der Waals surface area contributed by atoms with Crippen LogP contribution in [-0.4, -0.2) is 17.5 Å². The van der Waals surface area contributed by atoms with Crippen LogP contribution < -0.4 is 10.7 Å². The van der Waals surface area contributed by atoms with E-state index >= 15 is 0 Å². The quantitative estimate of drug-likeness (QED) is 0.654. The lowest BCUT2D eigenvalue weighted by Gasteiger charge is -2.12. The van der Waals surface area contributed by atoms with E-state index in [4.69, 9.17) is 0 Å². The first-order valence-electron chi connectivity index (χ1n) is 6.47. The molecule has 1 aromatic rings. The molecule has 0 saturated heterocycles. The van der Waals surface area contributed by atoms with Crippen molar-refractivity contribution in [3.63, 3.8) is 0 Å². The maximum absolute atomic E-state index is 12.0. The second-order valence-electron chi connectivity index (χ2n) is 5.01. The summed E-state index contributed by atoms with van der Waals surface area (Å²) in [6.07, 6.45) is 0.146. The summed E-state index contributed by atoms with van der Waals surface area (Å²) >= 11 is 0. The topological polar surface area (TPSA) is 70.6 Å². The molecule has 0 aliphatic carbocycles. The molecule has 0 fully saturated rings. The van der Waals surface area contributed by atoms with Crippen LogP contribution in [0, 0.1) is 20.8 Å². The maximum Gasteiger partial charge on any atom is 0.236 e. The lowest BCUT2D eigenvalue weighted by Crippen LogP contribution is -2.20. The number of hydrazone groups is 1. The number of carbonyl (C=O) groups excluding carboxylic acids is 2. The molecule has 0 heterocycles. The highest BCUT2D eigenvalue weighted by Crippen LogP contribution is 2.21. The Morgan fingerprint density at radius 3 is 2.15 bits per heavy atom. The van der Waals surface area contributed by atoms with Gasteiger partial charge in [0, 0.05) is 18.3 Å². The van der Waals surface area contributed by atoms with E-state index in [-0.39, 0.29) is 18.2 Å². The molecular formula is C15H21N3O2. The van der Waals surface area contributed by atoms with Crippen molar-refractivity contribution in [2.75, 3.05) is 5.32 Å². The monoisotopic (exact) mass is 275 g/mol. The summed E-state index contributed by atoms with van der Waals surface area (Å²) in [6.45, 7) is 9.03. The zero-order chi connectivity index (χ0) is 15.3. The van der Waals surface area contributed by atoms with Crippen LogP contribution in [0.25, 0.3) is 0 Å². The number of hydrogen-bond donors (Lipinski definition) is 2. The predicted octanol–water partition coefficient (Wildman–Crippen LogP) is 2.45. The molecule has 0 saturated carbocycles. The van der Waals surface area contributed by atoms with Crippen molar-refractivity contribution in [1.82, 2.24) is 5.43 Å². The molecule has 0 aliphatic rings. The molecule has 20 heavy (non-hydrogen) atoms. The van der Waals surface area contributed by atoms with Crippen LogP contribution in [0.5, 0.6) is 0 Å². The first-order chi connectivity index (χ1) is 9.29. The molecule has 0 radical (unpaired) electrons. The fraction of sp³-hybridized carbons (Fsp3) is 0.400. The van der Waals surface area contributed by atoms with Gasteiger partial charge in [-0.25, -0.2) is 5.43 Å². The van der Waals surface area contributed by atoms with Crippen LogP contribution in [0.2, 0.25) is 0 Å². The standard InChI is InChI=1S/C15H21N3O2/c1-9-6-10(2)15(11(3)7-9)16-14(20)8-12(4)17-18-13(5)19/h6-7H,8H2,1-5H3,(H,16,20)(H,18,19)/b17-12+. The minimum atomic E-state index is -0.255. The Labute approximate surface area is 119 Å². The third-order valence-corrected chi connectivity index (χ3v) is 2.76. The average molecular weight is 275 g/mol. The molecule has 0 spiro atoms. The molecule has 0 atom stereocenters. The lowest BCUT2D eigenvalue weighted by molar-refractivity contribution is -0.119. The van der Waals surface area contributed by atoms with Gasteiger partial charge in [-0.3, -0.25) is 9.59 Å². The maximum atomic E-state index is 12.0. The van der Waals surface area contributed by atoms with Crippen LogP contribution in [0.3, 0.4) is 0 Å². The van der Waals surface area contributed by atoms with E-state index < -0.39 is 0 Å². The Bertz CT molecular complexity index is 539. The predicted molar refractivity (Wildman–Crippen MR) is 80.8 cm³/mol. The van der Waals surface area contributed by atoms with Crippen LogP contribution in [0.1, 0.15) is 37.0 Å². The van der Waals surface area contributed by atoms with Gasteiger partial charge in [0.2, 0.25) is 11.8 Å². The van der Waals surface area contributed by atoms with E-state index in [2.05, 4.69) is 15.8 Å². The van der Waals surface area contributed by atoms with Crippen molar-refractivity contribution >= 4 is 23.2 Å². The van der Waals surface area contributed by atoms with Crippen molar-refractivity contribution < 1.29 is 9.59 Å². The third kappa shape index (κ3) is 4.84. The number of rotatable bonds is 4. The summed E-state index contributed by atoms with van der Waals surface area (Å²) in [4.78, 5) is 22.7. The van der Waals surface area contributed by atoms with Crippen molar-refractivity contribution in [1.29, 1.82) is 0 Å². The smallest absolute Gasteiger partial charge is 0.236 e. The highest BCUT2D eigenvalue weighted by molar-refractivity contribution is 6.06. The minimum absolute atomic E-state index is 0.146. The second-order valence-corrected chi connectivity index (χ2v) is 5.01. The molecule has 2 amide bonds. The number of hydrogen-bond acceptors (Lipinski definition) is 3. The van der Waals surface area contributed by atoms with Gasteiger partial charge in [-0.1, -0.05) is 17.7 Å². The number of amides is 2. The highest BCUT2D eigenvalue weighted by Gasteiger charge is 2.09. The van der Waals surface area contributed by atoms with Gasteiger partial charge in [0.1, 0.15) is 0 Å². The molecule has 5 nitrogen and oxygen atoms in total. The zero-order valence-electron chi connectivity index (χ0n) is 12.6. The highest BCUT2D eigenvalue weighted by atomic mass is 16.2. The van der Waals surface area contributed by atoms with E-state index in [0.717, 1.165) is 16.8 Å². The molecule has 2 N–H and O–H groups in total. The Balaban J connectivity index is 2.72. The van der Waals surface area contributed by atoms with Crippen molar-refractivity contribution in [3.05, 3.63) is 28.8 Å². The Morgan fingerprint density at radius 2 is 1.65 bits per heavy atom. The largest absolute Gasteiger partial charge is 0.325 e. The van der Waals surface area contributed by atoms with E-state index in [0.29, 0.717) is 5.71 Å². The number of carbonyl (C=O) groups is 2. The van der Waals surface area contributed by atoms with Gasteiger partial charge in [-0.05, 0) is 38.8 Å². The molecular weight excluding hydrogens is 254 g/mol. The number of aryl methyl sites for hydroxylation is 3. The Hall–Kier alpha value is -2.17. The van der Waals surface area contributed by atoms with Gasteiger partial charge in [0.15, 0.2) is 0 Å². The SMILES string of the molecule is CC(=O)N/N=C(\C)CC(=O)Nc1c(C)cc(C)cc1C. The van der Waals surface area contributed by atoms with Crippen LogP contribution in [0.4, 0.5) is 5.69 Å². The molecule has 1 rings (SSSR count). The van der Waals surface area contributed by atoms with Gasteiger partial charge in [-0.15, -0.1) is 0 Å². The first kappa shape index (κ1) is 15.9. The van der Waals surface area contributed by atoms with Gasteiger partial charge in [-0.2, -0.15) is 5.10 Å². The molecule has 5 heteroatoms. The average Bonchev–Trinajstić information content (AvgIpc) is 2.31. The summed E-state index contributed by atoms with van der Waals surface area (Å²) in [5, 5.41) is 6.71. The third-order valence-electron chi connectivity index (χ3n) is 2.76. The molecule has 0 aromatic heterocycles. The fourth-order valence-electron chi connectivity index (χ4n) is 2.01. The summed E-state index contributed by atoms with van der Waals surface area (Å²) in [7, 11) is 0. The number of benzene rings is 1. The molecule has 0 aliphatic heterocycles. The van der Waals surface area contributed by atoms with Crippen LogP contribution in [-0.2, 0) is 9.59 Å². The van der Waals surface area contributed by atoms with Crippen molar-refractivity contribution in [3.8, 4) is 0 Å². The summed E-state index contributed by atoms with van der Waals surface area (Å²) in [6, 6.07) is 4.06. The summed E-state index contributed by atoms with van der Waals surface area (Å²) in [5.41, 5.74) is 6.95. The lowest BCUT2D eigenvalue weighted by atomic mass is 10.0. The summed E-state index contributed by atoms with van der Waals surface area (Å²) in [5.74, 6) is -0.401.